The molecule has 0 amide bonds. The topological polar surface area (TPSA) is 60.1 Å². The van der Waals surface area contributed by atoms with Crippen LogP contribution in [0.3, 0.4) is 0 Å². The molecular weight excluding hydrogens is 290 g/mol. The molecule has 1 aromatic rings. The first-order valence-corrected chi connectivity index (χ1v) is 8.48. The fraction of sp³-hybridized carbons (Fsp3) is 0.611. The molecule has 0 aliphatic carbocycles. The molecule has 2 aliphatic rings. The number of guanidine groups is 1. The Bertz CT molecular complexity index is 592. The molecule has 2 heterocycles. The van der Waals surface area contributed by atoms with Gasteiger partial charge in [-0.05, 0) is 37.8 Å². The van der Waals surface area contributed by atoms with Crippen LogP contribution in [0.4, 0.5) is 0 Å². The lowest BCUT2D eigenvalue weighted by atomic mass is 10.00. The van der Waals surface area contributed by atoms with Gasteiger partial charge in [-0.2, -0.15) is 0 Å². The number of rotatable bonds is 3. The van der Waals surface area contributed by atoms with Gasteiger partial charge >= 0.3 is 0 Å². The minimum Gasteiger partial charge on any atom is -0.496 e. The first kappa shape index (κ1) is 16.0. The number of aliphatic imine (C=N–C) groups is 1. The van der Waals surface area contributed by atoms with Crippen LogP contribution < -0.4 is 15.2 Å². The zero-order valence-corrected chi connectivity index (χ0v) is 14.3. The maximum Gasteiger partial charge on any atom is 0.191 e. The van der Waals surface area contributed by atoms with E-state index in [1.807, 2.05) is 6.07 Å². The van der Waals surface area contributed by atoms with Gasteiger partial charge in [0.2, 0.25) is 0 Å². The van der Waals surface area contributed by atoms with Gasteiger partial charge in [-0.25, -0.2) is 4.99 Å². The van der Waals surface area contributed by atoms with Crippen molar-refractivity contribution in [2.24, 2.45) is 16.6 Å². The van der Waals surface area contributed by atoms with Gasteiger partial charge in [0.15, 0.2) is 5.96 Å². The predicted molar refractivity (Wildman–Crippen MR) is 92.1 cm³/mol. The Kier molecular flexibility index (Phi) is 4.64. The second-order valence-electron chi connectivity index (χ2n) is 6.75. The molecule has 23 heavy (non-hydrogen) atoms. The predicted octanol–water partition coefficient (Wildman–Crippen LogP) is 2.57. The van der Waals surface area contributed by atoms with Crippen LogP contribution in [-0.4, -0.2) is 37.2 Å². The Hall–Kier alpha value is -1.91. The Morgan fingerprint density at radius 2 is 2.09 bits per heavy atom. The first-order chi connectivity index (χ1) is 11.1. The lowest BCUT2D eigenvalue weighted by Gasteiger charge is -2.31. The summed E-state index contributed by atoms with van der Waals surface area (Å²) in [4.78, 5) is 6.76. The molecule has 1 fully saturated rings. The minimum atomic E-state index is 0.230. The van der Waals surface area contributed by atoms with Crippen LogP contribution in [0, 0.1) is 5.92 Å². The van der Waals surface area contributed by atoms with E-state index in [4.69, 9.17) is 15.2 Å². The van der Waals surface area contributed by atoms with E-state index in [0.29, 0.717) is 12.5 Å². The van der Waals surface area contributed by atoms with Gasteiger partial charge in [0.1, 0.15) is 17.6 Å². The molecule has 0 spiro atoms. The number of methoxy groups -OCH3 is 1. The molecule has 2 aliphatic heterocycles. The van der Waals surface area contributed by atoms with Gasteiger partial charge in [-0.15, -0.1) is 0 Å². The monoisotopic (exact) mass is 317 g/mol. The zero-order chi connectivity index (χ0) is 16.4. The van der Waals surface area contributed by atoms with Crippen molar-refractivity contribution in [1.29, 1.82) is 0 Å². The average molecular weight is 317 g/mol. The first-order valence-electron chi connectivity index (χ1n) is 8.48. The molecule has 126 valence electrons. The van der Waals surface area contributed by atoms with Crippen LogP contribution in [0.1, 0.15) is 37.8 Å². The summed E-state index contributed by atoms with van der Waals surface area (Å²) in [5.41, 5.74) is 8.40. The molecule has 1 atom stereocenters. The van der Waals surface area contributed by atoms with E-state index in [1.165, 1.54) is 18.4 Å². The van der Waals surface area contributed by atoms with Gasteiger partial charge in [-0.1, -0.05) is 6.92 Å². The number of benzene rings is 1. The summed E-state index contributed by atoms with van der Waals surface area (Å²) >= 11 is 0. The highest BCUT2D eigenvalue weighted by molar-refractivity contribution is 5.78. The van der Waals surface area contributed by atoms with Gasteiger partial charge in [0.05, 0.1) is 13.7 Å². The number of nitrogens with two attached hydrogens (primary N) is 1. The second kappa shape index (κ2) is 6.69. The number of nitrogens with zero attached hydrogens (tertiary/aromatic N) is 2. The molecule has 5 nitrogen and oxygen atoms in total. The molecule has 2 N–H and O–H groups in total. The highest BCUT2D eigenvalue weighted by Crippen LogP contribution is 2.35. The molecule has 5 heteroatoms. The van der Waals surface area contributed by atoms with E-state index < -0.39 is 0 Å². The maximum atomic E-state index is 6.17. The summed E-state index contributed by atoms with van der Waals surface area (Å²) in [7, 11) is 1.70. The summed E-state index contributed by atoms with van der Waals surface area (Å²) in [5.74, 6) is 3.24. The van der Waals surface area contributed by atoms with Gasteiger partial charge in [0, 0.05) is 30.6 Å². The lowest BCUT2D eigenvalue weighted by Crippen LogP contribution is -2.42. The van der Waals surface area contributed by atoms with Crippen molar-refractivity contribution in [3.05, 3.63) is 23.3 Å². The van der Waals surface area contributed by atoms with Crippen molar-refractivity contribution in [1.82, 2.24) is 4.90 Å². The SMILES string of the molecule is COc1cc2c(cc1CN=C(N)N1CCC(C)CC1)OC(C)C2. The van der Waals surface area contributed by atoms with Crippen LogP contribution in [0.5, 0.6) is 11.5 Å². The van der Waals surface area contributed by atoms with Crippen molar-refractivity contribution in [2.45, 2.75) is 45.8 Å². The molecule has 1 aromatic carbocycles. The molecule has 0 radical (unpaired) electrons. The number of piperidine rings is 1. The smallest absolute Gasteiger partial charge is 0.191 e. The molecular formula is C18H27N3O2. The summed E-state index contributed by atoms with van der Waals surface area (Å²) in [6, 6.07) is 4.12. The summed E-state index contributed by atoms with van der Waals surface area (Å²) in [5, 5.41) is 0. The summed E-state index contributed by atoms with van der Waals surface area (Å²) in [6.07, 6.45) is 3.53. The van der Waals surface area contributed by atoms with Crippen LogP contribution >= 0.6 is 0 Å². The van der Waals surface area contributed by atoms with E-state index in [0.717, 1.165) is 42.5 Å². The largest absolute Gasteiger partial charge is 0.496 e. The highest BCUT2D eigenvalue weighted by Gasteiger charge is 2.22. The van der Waals surface area contributed by atoms with Crippen LogP contribution in [0.15, 0.2) is 17.1 Å². The normalized spacial score (nSPS) is 22.0. The number of hydrogen-bond donors (Lipinski definition) is 1. The van der Waals surface area contributed by atoms with Crippen LogP contribution in [-0.2, 0) is 13.0 Å². The summed E-state index contributed by atoms with van der Waals surface area (Å²) < 4.78 is 11.4. The number of fused-ring (bicyclic) bond motifs is 1. The third-order valence-electron chi connectivity index (χ3n) is 4.82. The van der Waals surface area contributed by atoms with Crippen LogP contribution in [0.25, 0.3) is 0 Å². The third kappa shape index (κ3) is 3.54. The van der Waals surface area contributed by atoms with Crippen molar-refractivity contribution >= 4 is 5.96 Å². The second-order valence-corrected chi connectivity index (χ2v) is 6.75. The number of hydrogen-bond acceptors (Lipinski definition) is 3. The van der Waals surface area contributed by atoms with E-state index in [1.54, 1.807) is 7.11 Å². The van der Waals surface area contributed by atoms with E-state index in [2.05, 4.69) is 29.8 Å². The molecule has 1 saturated heterocycles. The quantitative estimate of drug-likeness (QED) is 0.687. The average Bonchev–Trinajstić information content (AvgIpc) is 2.91. The molecule has 0 saturated carbocycles. The van der Waals surface area contributed by atoms with E-state index in [-0.39, 0.29) is 6.10 Å². The molecule has 1 unspecified atom stereocenters. The van der Waals surface area contributed by atoms with Gasteiger partial charge in [0.25, 0.3) is 0 Å². The number of likely N-dealkylation sites (tertiary alicyclic amines) is 1. The molecule has 3 rings (SSSR count). The van der Waals surface area contributed by atoms with Crippen LogP contribution in [0.2, 0.25) is 0 Å². The minimum absolute atomic E-state index is 0.230. The third-order valence-corrected chi connectivity index (χ3v) is 4.82. The summed E-state index contributed by atoms with van der Waals surface area (Å²) in [6.45, 7) is 6.89. The van der Waals surface area contributed by atoms with Gasteiger partial charge in [-0.3, -0.25) is 0 Å². The van der Waals surface area contributed by atoms with Crippen molar-refractivity contribution in [3.63, 3.8) is 0 Å². The van der Waals surface area contributed by atoms with Crippen molar-refractivity contribution < 1.29 is 9.47 Å². The Labute approximate surface area is 138 Å². The number of ether oxygens (including phenoxy) is 2. The Morgan fingerprint density at radius 1 is 1.35 bits per heavy atom. The Morgan fingerprint density at radius 3 is 2.78 bits per heavy atom. The van der Waals surface area contributed by atoms with Gasteiger partial charge < -0.3 is 20.1 Å². The van der Waals surface area contributed by atoms with Crippen molar-refractivity contribution in [3.8, 4) is 11.5 Å². The molecule has 0 bridgehead atoms. The molecule has 0 aromatic heterocycles. The van der Waals surface area contributed by atoms with E-state index >= 15 is 0 Å². The Balaban J connectivity index is 1.72. The fourth-order valence-electron chi connectivity index (χ4n) is 3.30. The van der Waals surface area contributed by atoms with E-state index in [9.17, 15) is 0 Å². The maximum absolute atomic E-state index is 6.17. The standard InChI is InChI=1S/C18H27N3O2/c1-12-4-6-21(7-5-12)18(19)20-11-15-10-17-14(8-13(2)23-17)9-16(15)22-3/h9-10,12-13H,4-8,11H2,1-3H3,(H2,19,20). The fourth-order valence-corrected chi connectivity index (χ4v) is 3.30. The highest BCUT2D eigenvalue weighted by atomic mass is 16.5. The zero-order valence-electron chi connectivity index (χ0n) is 14.3. The van der Waals surface area contributed by atoms with Crippen molar-refractivity contribution in [2.75, 3.05) is 20.2 Å². The lowest BCUT2D eigenvalue weighted by molar-refractivity contribution is 0.254.